The highest BCUT2D eigenvalue weighted by atomic mass is 19.2. The lowest BCUT2D eigenvalue weighted by atomic mass is 10.0. The number of carbonyl (C=O) groups is 1. The molecule has 0 aromatic heterocycles. The molecule has 0 unspecified atom stereocenters. The minimum atomic E-state index is -1.01. The third-order valence-corrected chi connectivity index (χ3v) is 9.57. The first-order chi connectivity index (χ1) is 27.7. The summed E-state index contributed by atoms with van der Waals surface area (Å²) in [4.78, 5) is 12.3. The van der Waals surface area contributed by atoms with E-state index in [0.717, 1.165) is 76.4 Å². The van der Waals surface area contributed by atoms with Crippen molar-refractivity contribution >= 4 is 5.78 Å². The van der Waals surface area contributed by atoms with Crippen molar-refractivity contribution in [2.45, 2.75) is 117 Å². The molecule has 302 valence electrons. The van der Waals surface area contributed by atoms with E-state index in [1.165, 1.54) is 30.3 Å². The minimum Gasteiger partial charge on any atom is -0.494 e. The molecule has 0 bridgehead atoms. The summed E-state index contributed by atoms with van der Waals surface area (Å²) in [5.74, 6) is 7.93. The Kier molecular flexibility index (Phi) is 19.2. The molecule has 0 aliphatic rings. The van der Waals surface area contributed by atoms with Gasteiger partial charge in [0.1, 0.15) is 23.1 Å². The highest BCUT2D eigenvalue weighted by Gasteiger charge is 2.13. The highest BCUT2D eigenvalue weighted by Crippen LogP contribution is 2.21. The first-order valence-corrected chi connectivity index (χ1v) is 20.3. The fourth-order valence-electron chi connectivity index (χ4n) is 6.31. The quantitative estimate of drug-likeness (QED) is 0.0452. The summed E-state index contributed by atoms with van der Waals surface area (Å²) in [5, 5.41) is 0. The van der Waals surface area contributed by atoms with E-state index < -0.39 is 29.1 Å². The standard InChI is InChI=1S/C49H53F5O3/c1-3-15-38-25-27-40(48(53)46(38)51)22-19-36-20-30-43(31-21-36)56-33-13-9-5-7-11-17-42(55)18-12-8-6-10-14-34-57-44-32-29-37(45(50)35-44)23-24-41-28-26-39(16-4-2)47(52)49(41)54/h20-21,25-32,35H,3-18,33-34H2,1-2H3. The maximum Gasteiger partial charge on any atom is 0.174 e. The number of rotatable bonds is 22. The van der Waals surface area contributed by atoms with Crippen LogP contribution in [0.3, 0.4) is 0 Å². The van der Waals surface area contributed by atoms with Gasteiger partial charge in [0.2, 0.25) is 0 Å². The topological polar surface area (TPSA) is 35.5 Å². The van der Waals surface area contributed by atoms with Crippen LogP contribution in [0, 0.1) is 52.8 Å². The molecule has 4 aromatic carbocycles. The fourth-order valence-corrected chi connectivity index (χ4v) is 6.31. The van der Waals surface area contributed by atoms with Crippen LogP contribution in [-0.4, -0.2) is 19.0 Å². The summed E-state index contributed by atoms with van der Waals surface area (Å²) in [6.07, 6.45) is 13.1. The van der Waals surface area contributed by atoms with E-state index in [4.69, 9.17) is 9.47 Å². The van der Waals surface area contributed by atoms with Gasteiger partial charge in [-0.2, -0.15) is 0 Å². The van der Waals surface area contributed by atoms with Gasteiger partial charge in [0.15, 0.2) is 23.3 Å². The van der Waals surface area contributed by atoms with Crippen LogP contribution in [0.4, 0.5) is 22.0 Å². The van der Waals surface area contributed by atoms with Gasteiger partial charge in [-0.15, -0.1) is 0 Å². The normalized spacial score (nSPS) is 10.7. The molecule has 0 saturated heterocycles. The SMILES string of the molecule is CCCc1ccc(C#Cc2ccc(OCCCCCCCC(=O)CCCCCCCOc3ccc(C#Cc4ccc(CCC)c(F)c4F)c(F)c3)cc2)c(F)c1F. The number of carbonyl (C=O) groups excluding carboxylic acids is 1. The summed E-state index contributed by atoms with van der Waals surface area (Å²) < 4.78 is 83.2. The Morgan fingerprint density at radius 1 is 0.491 bits per heavy atom. The zero-order valence-electron chi connectivity index (χ0n) is 33.2. The monoisotopic (exact) mass is 784 g/mol. The average molecular weight is 785 g/mol. The van der Waals surface area contributed by atoms with Gasteiger partial charge in [-0.25, -0.2) is 22.0 Å². The van der Waals surface area contributed by atoms with Gasteiger partial charge in [-0.3, -0.25) is 4.79 Å². The van der Waals surface area contributed by atoms with Crippen molar-refractivity contribution in [2.24, 2.45) is 0 Å². The van der Waals surface area contributed by atoms with E-state index in [9.17, 15) is 26.7 Å². The number of unbranched alkanes of at least 4 members (excludes halogenated alkanes) is 8. The molecule has 0 aliphatic carbocycles. The van der Waals surface area contributed by atoms with Gasteiger partial charge < -0.3 is 9.47 Å². The van der Waals surface area contributed by atoms with Crippen molar-refractivity contribution in [1.82, 2.24) is 0 Å². The van der Waals surface area contributed by atoms with E-state index in [1.54, 1.807) is 24.3 Å². The van der Waals surface area contributed by atoms with Gasteiger partial charge in [0, 0.05) is 24.5 Å². The molecular weight excluding hydrogens is 732 g/mol. The third kappa shape index (κ3) is 15.1. The lowest BCUT2D eigenvalue weighted by Gasteiger charge is -2.07. The van der Waals surface area contributed by atoms with Crippen LogP contribution in [0.1, 0.15) is 137 Å². The van der Waals surface area contributed by atoms with E-state index in [0.29, 0.717) is 73.5 Å². The summed E-state index contributed by atoms with van der Waals surface area (Å²) in [6.45, 7) is 4.84. The van der Waals surface area contributed by atoms with Crippen LogP contribution in [0.25, 0.3) is 0 Å². The van der Waals surface area contributed by atoms with E-state index in [-0.39, 0.29) is 16.7 Å². The minimum absolute atomic E-state index is 0.0434. The number of Topliss-reactive ketones (excluding diaryl/α,β-unsaturated/α-hetero) is 1. The molecule has 57 heavy (non-hydrogen) atoms. The maximum absolute atomic E-state index is 14.6. The zero-order chi connectivity index (χ0) is 40.8. The predicted molar refractivity (Wildman–Crippen MR) is 217 cm³/mol. The summed E-state index contributed by atoms with van der Waals surface area (Å²) in [6, 6.07) is 17.6. The van der Waals surface area contributed by atoms with Gasteiger partial charge in [0.05, 0.1) is 29.9 Å². The van der Waals surface area contributed by atoms with Crippen molar-refractivity contribution in [3.63, 3.8) is 0 Å². The summed E-state index contributed by atoms with van der Waals surface area (Å²) >= 11 is 0. The van der Waals surface area contributed by atoms with Gasteiger partial charge >= 0.3 is 0 Å². The number of hydrogen-bond donors (Lipinski definition) is 0. The van der Waals surface area contributed by atoms with E-state index in [1.807, 2.05) is 26.0 Å². The Hall–Kier alpha value is -5.08. The first-order valence-electron chi connectivity index (χ1n) is 20.3. The Labute approximate surface area is 335 Å². The van der Waals surface area contributed by atoms with Gasteiger partial charge in [0.25, 0.3) is 0 Å². The number of ether oxygens (including phenoxy) is 2. The van der Waals surface area contributed by atoms with Crippen molar-refractivity contribution in [1.29, 1.82) is 0 Å². The Bertz CT molecular complexity index is 2020. The second kappa shape index (κ2) is 24.5. The molecule has 0 heterocycles. The molecule has 3 nitrogen and oxygen atoms in total. The third-order valence-electron chi connectivity index (χ3n) is 9.57. The molecule has 0 radical (unpaired) electrons. The Balaban J connectivity index is 0.983. The second-order valence-electron chi connectivity index (χ2n) is 14.2. The summed E-state index contributed by atoms with van der Waals surface area (Å²) in [7, 11) is 0. The lowest BCUT2D eigenvalue weighted by molar-refractivity contribution is -0.119. The van der Waals surface area contributed by atoms with Crippen LogP contribution in [0.2, 0.25) is 0 Å². The van der Waals surface area contributed by atoms with Crippen molar-refractivity contribution < 1.29 is 36.2 Å². The zero-order valence-corrected chi connectivity index (χ0v) is 33.2. The maximum atomic E-state index is 14.6. The number of aryl methyl sites for hydroxylation is 2. The molecule has 8 heteroatoms. The predicted octanol–water partition coefficient (Wildman–Crippen LogP) is 12.8. The summed E-state index contributed by atoms with van der Waals surface area (Å²) in [5.41, 5.74) is 1.36. The van der Waals surface area contributed by atoms with Crippen LogP contribution in [-0.2, 0) is 17.6 Å². The van der Waals surface area contributed by atoms with E-state index in [2.05, 4.69) is 23.7 Å². The molecular formula is C49H53F5O3. The second-order valence-corrected chi connectivity index (χ2v) is 14.2. The number of benzene rings is 4. The van der Waals surface area contributed by atoms with Crippen LogP contribution < -0.4 is 9.47 Å². The molecule has 4 aromatic rings. The Morgan fingerprint density at radius 2 is 0.930 bits per heavy atom. The Morgan fingerprint density at radius 3 is 1.46 bits per heavy atom. The molecule has 4 rings (SSSR count). The highest BCUT2D eigenvalue weighted by molar-refractivity contribution is 5.78. The van der Waals surface area contributed by atoms with Crippen molar-refractivity contribution in [3.8, 4) is 35.2 Å². The van der Waals surface area contributed by atoms with Crippen LogP contribution >= 0.6 is 0 Å². The molecule has 0 spiro atoms. The average Bonchev–Trinajstić information content (AvgIpc) is 3.21. The number of hydrogen-bond acceptors (Lipinski definition) is 3. The molecule has 0 N–H and O–H groups in total. The molecule has 0 saturated carbocycles. The molecule has 0 fully saturated rings. The molecule has 0 amide bonds. The van der Waals surface area contributed by atoms with E-state index >= 15 is 0 Å². The smallest absolute Gasteiger partial charge is 0.174 e. The van der Waals surface area contributed by atoms with Gasteiger partial charge in [-0.1, -0.05) is 101 Å². The number of ketones is 1. The molecule has 0 atom stereocenters. The van der Waals surface area contributed by atoms with Crippen LogP contribution in [0.5, 0.6) is 11.5 Å². The van der Waals surface area contributed by atoms with Crippen molar-refractivity contribution in [2.75, 3.05) is 13.2 Å². The molecule has 0 aliphatic heterocycles. The van der Waals surface area contributed by atoms with Crippen molar-refractivity contribution in [3.05, 3.63) is 129 Å². The fraction of sp³-hybridized carbons (Fsp3) is 0.408. The largest absolute Gasteiger partial charge is 0.494 e. The first kappa shape index (κ1) is 44.6. The van der Waals surface area contributed by atoms with Crippen LogP contribution in [0.15, 0.2) is 66.7 Å². The lowest BCUT2D eigenvalue weighted by Crippen LogP contribution is -2.00. The number of halogens is 5. The van der Waals surface area contributed by atoms with Gasteiger partial charge in [-0.05, 0) is 98.2 Å².